The van der Waals surface area contributed by atoms with E-state index in [1.54, 1.807) is 6.92 Å². The number of hydrogen-bond donors (Lipinski definition) is 2. The number of H-pyrrole nitrogens is 1. The number of likely N-dealkylation sites (tertiary alicyclic amines) is 1. The molecular weight excluding hydrogens is 398 g/mol. The number of carbonyl (C=O) groups excluding carboxylic acids is 2. The predicted molar refractivity (Wildman–Crippen MR) is 114 cm³/mol. The molecule has 162 valence electrons. The summed E-state index contributed by atoms with van der Waals surface area (Å²) in [6, 6.07) is 11.9. The molecule has 9 heteroatoms. The minimum atomic E-state index is -0.739. The van der Waals surface area contributed by atoms with Crippen LogP contribution in [-0.2, 0) is 11.3 Å². The summed E-state index contributed by atoms with van der Waals surface area (Å²) < 4.78 is 5.96. The molecule has 3 heterocycles. The first-order valence-corrected chi connectivity index (χ1v) is 10.4. The van der Waals surface area contributed by atoms with Crippen LogP contribution in [-0.4, -0.2) is 57.1 Å². The second-order valence-electron chi connectivity index (χ2n) is 7.57. The van der Waals surface area contributed by atoms with E-state index in [0.717, 1.165) is 37.0 Å². The fraction of sp³-hybridized carbons (Fsp3) is 0.364. The van der Waals surface area contributed by atoms with Crippen molar-refractivity contribution in [3.8, 4) is 0 Å². The van der Waals surface area contributed by atoms with Gasteiger partial charge in [0, 0.05) is 37.9 Å². The van der Waals surface area contributed by atoms with Crippen LogP contribution in [0.4, 0.5) is 0 Å². The fourth-order valence-electron chi connectivity index (χ4n) is 3.77. The standard InChI is InChI=1S/C22H25N5O4/c1-2-31-22(30)17-13-23-19-12-18(25-27(19)21(17)29)20(28)24-16-8-10-26(11-9-16)14-15-6-4-3-5-7-15/h3-7,12-13,16,25H,2,8-11,14H2,1H3,(H,24,28). The lowest BCUT2D eigenvalue weighted by atomic mass is 10.0. The number of aromatic nitrogens is 3. The van der Waals surface area contributed by atoms with Crippen LogP contribution < -0.4 is 10.9 Å². The number of rotatable bonds is 6. The maximum atomic E-state index is 12.7. The Labute approximate surface area is 179 Å². The summed E-state index contributed by atoms with van der Waals surface area (Å²) in [5.41, 5.74) is 0.983. The van der Waals surface area contributed by atoms with Crippen LogP contribution in [0.3, 0.4) is 0 Å². The van der Waals surface area contributed by atoms with Gasteiger partial charge in [0.2, 0.25) is 0 Å². The van der Waals surface area contributed by atoms with Crippen molar-refractivity contribution in [3.63, 3.8) is 0 Å². The van der Waals surface area contributed by atoms with Crippen LogP contribution in [0.2, 0.25) is 0 Å². The second kappa shape index (κ2) is 9.13. The van der Waals surface area contributed by atoms with E-state index in [0.29, 0.717) is 0 Å². The van der Waals surface area contributed by atoms with Crippen molar-refractivity contribution in [1.82, 2.24) is 24.8 Å². The SMILES string of the molecule is CCOC(=O)c1cnc2cc(C(=O)NC3CCN(Cc4ccccc4)CC3)[nH]n2c1=O. The van der Waals surface area contributed by atoms with E-state index < -0.39 is 11.5 Å². The summed E-state index contributed by atoms with van der Waals surface area (Å²) in [5.74, 6) is -1.04. The van der Waals surface area contributed by atoms with Gasteiger partial charge in [-0.2, -0.15) is 0 Å². The van der Waals surface area contributed by atoms with Crippen LogP contribution >= 0.6 is 0 Å². The Kier molecular flexibility index (Phi) is 6.13. The molecular formula is C22H25N5O4. The number of nitrogens with zero attached hydrogens (tertiary/aromatic N) is 3. The average molecular weight is 423 g/mol. The van der Waals surface area contributed by atoms with Crippen LogP contribution in [0.5, 0.6) is 0 Å². The van der Waals surface area contributed by atoms with Crippen LogP contribution in [0.25, 0.3) is 5.65 Å². The largest absolute Gasteiger partial charge is 0.462 e. The first-order chi connectivity index (χ1) is 15.0. The quantitative estimate of drug-likeness (QED) is 0.583. The summed E-state index contributed by atoms with van der Waals surface area (Å²) in [5, 5.41) is 5.77. The maximum Gasteiger partial charge on any atom is 0.345 e. The van der Waals surface area contributed by atoms with Crippen molar-refractivity contribution < 1.29 is 14.3 Å². The molecule has 0 spiro atoms. The molecule has 1 saturated heterocycles. The molecule has 1 aromatic carbocycles. The molecule has 1 amide bonds. The highest BCUT2D eigenvalue weighted by atomic mass is 16.5. The molecule has 0 unspecified atom stereocenters. The van der Waals surface area contributed by atoms with E-state index in [2.05, 4.69) is 32.4 Å². The number of piperidine rings is 1. The normalized spacial score (nSPS) is 15.1. The summed E-state index contributed by atoms with van der Waals surface area (Å²) in [7, 11) is 0. The summed E-state index contributed by atoms with van der Waals surface area (Å²) in [4.78, 5) is 43.6. The van der Waals surface area contributed by atoms with Gasteiger partial charge in [-0.15, -0.1) is 0 Å². The zero-order valence-corrected chi connectivity index (χ0v) is 17.3. The third kappa shape index (κ3) is 4.66. The first-order valence-electron chi connectivity index (χ1n) is 10.4. The highest BCUT2D eigenvalue weighted by molar-refractivity contribution is 5.93. The van der Waals surface area contributed by atoms with Gasteiger partial charge in [-0.1, -0.05) is 30.3 Å². The topological polar surface area (TPSA) is 109 Å². The van der Waals surface area contributed by atoms with Crippen LogP contribution in [0.15, 0.2) is 47.4 Å². The van der Waals surface area contributed by atoms with Crippen LogP contribution in [0, 0.1) is 0 Å². The third-order valence-corrected chi connectivity index (χ3v) is 5.41. The number of amides is 1. The number of hydrogen-bond acceptors (Lipinski definition) is 6. The Morgan fingerprint density at radius 3 is 2.68 bits per heavy atom. The molecule has 0 saturated carbocycles. The number of carbonyl (C=O) groups is 2. The van der Waals surface area contributed by atoms with Crippen molar-refractivity contribution in [3.05, 3.63) is 69.8 Å². The lowest BCUT2D eigenvalue weighted by Crippen LogP contribution is -2.44. The maximum absolute atomic E-state index is 12.7. The molecule has 2 N–H and O–H groups in total. The average Bonchev–Trinajstić information content (AvgIpc) is 3.22. The van der Waals surface area contributed by atoms with E-state index in [-0.39, 0.29) is 35.5 Å². The molecule has 0 bridgehead atoms. The summed E-state index contributed by atoms with van der Waals surface area (Å²) >= 11 is 0. The van der Waals surface area contributed by atoms with Gasteiger partial charge in [0.15, 0.2) is 5.65 Å². The summed E-state index contributed by atoms with van der Waals surface area (Å²) in [6.07, 6.45) is 2.88. The highest BCUT2D eigenvalue weighted by Gasteiger charge is 2.23. The van der Waals surface area contributed by atoms with Crippen molar-refractivity contribution >= 4 is 17.5 Å². The number of benzene rings is 1. The van der Waals surface area contributed by atoms with Crippen molar-refractivity contribution in [1.29, 1.82) is 0 Å². The fourth-order valence-corrected chi connectivity index (χ4v) is 3.77. The molecule has 1 aliphatic rings. The molecule has 0 atom stereocenters. The van der Waals surface area contributed by atoms with E-state index in [1.807, 2.05) is 18.2 Å². The molecule has 3 aromatic rings. The molecule has 4 rings (SSSR count). The van der Waals surface area contributed by atoms with Gasteiger partial charge >= 0.3 is 5.97 Å². The number of ether oxygens (including phenoxy) is 1. The molecule has 0 radical (unpaired) electrons. The molecule has 2 aromatic heterocycles. The van der Waals surface area contributed by atoms with Gasteiger partial charge in [0.1, 0.15) is 11.3 Å². The molecule has 1 fully saturated rings. The summed E-state index contributed by atoms with van der Waals surface area (Å²) in [6.45, 7) is 4.52. The Balaban J connectivity index is 1.38. The molecule has 31 heavy (non-hydrogen) atoms. The lowest BCUT2D eigenvalue weighted by Gasteiger charge is -2.32. The van der Waals surface area contributed by atoms with Crippen molar-refractivity contribution in [2.45, 2.75) is 32.4 Å². The van der Waals surface area contributed by atoms with E-state index >= 15 is 0 Å². The zero-order chi connectivity index (χ0) is 21.8. The highest BCUT2D eigenvalue weighted by Crippen LogP contribution is 2.14. The van der Waals surface area contributed by atoms with Crippen molar-refractivity contribution in [2.24, 2.45) is 0 Å². The Hall–Kier alpha value is -3.46. The second-order valence-corrected chi connectivity index (χ2v) is 7.57. The van der Waals surface area contributed by atoms with Gasteiger partial charge in [-0.3, -0.25) is 19.6 Å². The minimum absolute atomic E-state index is 0.0608. The van der Waals surface area contributed by atoms with Crippen molar-refractivity contribution in [2.75, 3.05) is 19.7 Å². The van der Waals surface area contributed by atoms with E-state index in [4.69, 9.17) is 4.74 Å². The lowest BCUT2D eigenvalue weighted by molar-refractivity contribution is 0.0523. The zero-order valence-electron chi connectivity index (χ0n) is 17.3. The van der Waals surface area contributed by atoms with Crippen LogP contribution in [0.1, 0.15) is 46.2 Å². The van der Waals surface area contributed by atoms with E-state index in [9.17, 15) is 14.4 Å². The minimum Gasteiger partial charge on any atom is -0.462 e. The van der Waals surface area contributed by atoms with E-state index in [1.165, 1.54) is 17.8 Å². The number of fused-ring (bicyclic) bond motifs is 1. The van der Waals surface area contributed by atoms with Gasteiger partial charge in [0.25, 0.3) is 11.5 Å². The predicted octanol–water partition coefficient (Wildman–Crippen LogP) is 1.59. The number of nitrogens with one attached hydrogen (secondary N) is 2. The Morgan fingerprint density at radius 1 is 1.23 bits per heavy atom. The Morgan fingerprint density at radius 2 is 1.97 bits per heavy atom. The molecule has 1 aliphatic heterocycles. The Bertz CT molecular complexity index is 1130. The first kappa shape index (κ1) is 20.8. The van der Waals surface area contributed by atoms with Gasteiger partial charge < -0.3 is 10.1 Å². The smallest absolute Gasteiger partial charge is 0.345 e. The van der Waals surface area contributed by atoms with Gasteiger partial charge in [-0.05, 0) is 25.3 Å². The molecule has 0 aliphatic carbocycles. The number of esters is 1. The monoisotopic (exact) mass is 423 g/mol. The number of aromatic amines is 1. The third-order valence-electron chi connectivity index (χ3n) is 5.41. The molecule has 9 nitrogen and oxygen atoms in total. The van der Waals surface area contributed by atoms with Gasteiger partial charge in [-0.25, -0.2) is 14.3 Å². The van der Waals surface area contributed by atoms with Gasteiger partial charge in [0.05, 0.1) is 6.61 Å².